The Labute approximate surface area is 135 Å². The van der Waals surface area contributed by atoms with Gasteiger partial charge in [-0.2, -0.15) is 0 Å². The Bertz CT molecular complexity index is 516. The van der Waals surface area contributed by atoms with Gasteiger partial charge in [0.2, 0.25) is 0 Å². The summed E-state index contributed by atoms with van der Waals surface area (Å²) < 4.78 is 10.5. The van der Waals surface area contributed by atoms with Crippen LogP contribution >= 0.6 is 11.3 Å². The van der Waals surface area contributed by atoms with Gasteiger partial charge in [0, 0.05) is 44.7 Å². The molecule has 2 fully saturated rings. The molecule has 1 amide bonds. The predicted octanol–water partition coefficient (Wildman–Crippen LogP) is 1.08. The van der Waals surface area contributed by atoms with Crippen LogP contribution in [-0.2, 0) is 16.1 Å². The van der Waals surface area contributed by atoms with E-state index in [-0.39, 0.29) is 5.91 Å². The van der Waals surface area contributed by atoms with Crippen molar-refractivity contribution in [3.63, 3.8) is 0 Å². The minimum atomic E-state index is 0.0428. The molecule has 3 heterocycles. The van der Waals surface area contributed by atoms with Crippen molar-refractivity contribution in [1.29, 1.82) is 0 Å². The van der Waals surface area contributed by atoms with E-state index in [2.05, 4.69) is 16.8 Å². The lowest BCUT2D eigenvalue weighted by atomic mass is 10.0. The predicted molar refractivity (Wildman–Crippen MR) is 84.1 cm³/mol. The molecular weight excluding hydrogens is 302 g/mol. The van der Waals surface area contributed by atoms with Crippen molar-refractivity contribution in [2.45, 2.75) is 19.6 Å². The summed E-state index contributed by atoms with van der Waals surface area (Å²) in [5.74, 6) is 0.528. The van der Waals surface area contributed by atoms with E-state index in [1.54, 1.807) is 7.11 Å². The number of amides is 1. The Morgan fingerprint density at radius 2 is 2.23 bits per heavy atom. The fourth-order valence-corrected chi connectivity index (χ4v) is 4.00. The number of nitrogens with zero attached hydrogens (tertiary/aromatic N) is 3. The summed E-state index contributed by atoms with van der Waals surface area (Å²) >= 11 is 1.48. The molecule has 1 aromatic heterocycles. The molecule has 2 saturated heterocycles. The summed E-state index contributed by atoms with van der Waals surface area (Å²) in [4.78, 5) is 21.4. The van der Waals surface area contributed by atoms with Gasteiger partial charge in [0.1, 0.15) is 10.7 Å². The van der Waals surface area contributed by atoms with E-state index in [0.717, 1.165) is 44.4 Å². The van der Waals surface area contributed by atoms with Crippen molar-refractivity contribution in [3.8, 4) is 0 Å². The Hall–Kier alpha value is -1.02. The smallest absolute Gasteiger partial charge is 0.273 e. The first kappa shape index (κ1) is 15.9. The highest BCUT2D eigenvalue weighted by Gasteiger charge is 2.37. The van der Waals surface area contributed by atoms with Crippen LogP contribution in [0.4, 0.5) is 0 Å². The van der Waals surface area contributed by atoms with Gasteiger partial charge >= 0.3 is 0 Å². The van der Waals surface area contributed by atoms with Crippen LogP contribution in [0.1, 0.15) is 22.4 Å². The molecule has 3 rings (SSSR count). The highest BCUT2D eigenvalue weighted by atomic mass is 32.1. The summed E-state index contributed by atoms with van der Waals surface area (Å²) in [6.07, 6.45) is 0. The molecule has 22 heavy (non-hydrogen) atoms. The number of methoxy groups -OCH3 is 1. The molecule has 0 bridgehead atoms. The standard InChI is InChI=1S/C15H23N3O3S/c1-11-7-18(8-13(11)17-3-5-21-6-4-17)15(19)12-10-22-14(16-12)9-20-2/h10-11,13H,3-9H2,1-2H3/t11-,13+/m1/s1. The van der Waals surface area contributed by atoms with Crippen molar-refractivity contribution in [1.82, 2.24) is 14.8 Å². The van der Waals surface area contributed by atoms with Crippen molar-refractivity contribution >= 4 is 17.2 Å². The molecule has 7 heteroatoms. The van der Waals surface area contributed by atoms with Crippen LogP contribution in [-0.4, -0.2) is 73.2 Å². The molecule has 2 aliphatic heterocycles. The summed E-state index contributed by atoms with van der Waals surface area (Å²) in [5.41, 5.74) is 0.548. The maximum atomic E-state index is 12.6. The molecule has 2 atom stereocenters. The zero-order valence-electron chi connectivity index (χ0n) is 13.2. The topological polar surface area (TPSA) is 54.9 Å². The average molecular weight is 325 g/mol. The van der Waals surface area contributed by atoms with Gasteiger partial charge in [-0.25, -0.2) is 4.98 Å². The molecule has 2 aliphatic rings. The number of hydrogen-bond acceptors (Lipinski definition) is 6. The van der Waals surface area contributed by atoms with Crippen LogP contribution in [0, 0.1) is 5.92 Å². The van der Waals surface area contributed by atoms with Gasteiger partial charge in [-0.15, -0.1) is 11.3 Å². The third kappa shape index (κ3) is 3.32. The molecule has 0 spiro atoms. The molecule has 6 nitrogen and oxygen atoms in total. The van der Waals surface area contributed by atoms with E-state index in [4.69, 9.17) is 9.47 Å². The summed E-state index contributed by atoms with van der Waals surface area (Å²) in [7, 11) is 1.64. The first-order valence-electron chi connectivity index (χ1n) is 7.73. The fourth-order valence-electron chi connectivity index (χ4n) is 3.26. The maximum Gasteiger partial charge on any atom is 0.273 e. The minimum Gasteiger partial charge on any atom is -0.379 e. The van der Waals surface area contributed by atoms with E-state index in [1.165, 1.54) is 11.3 Å². The van der Waals surface area contributed by atoms with E-state index >= 15 is 0 Å². The number of rotatable bonds is 4. The number of likely N-dealkylation sites (tertiary alicyclic amines) is 1. The molecule has 0 N–H and O–H groups in total. The summed E-state index contributed by atoms with van der Waals surface area (Å²) in [5, 5.41) is 2.69. The zero-order valence-corrected chi connectivity index (χ0v) is 14.0. The second-order valence-electron chi connectivity index (χ2n) is 5.96. The maximum absolute atomic E-state index is 12.6. The number of carbonyl (C=O) groups excluding carboxylic acids is 1. The monoisotopic (exact) mass is 325 g/mol. The van der Waals surface area contributed by atoms with E-state index in [1.807, 2.05) is 10.3 Å². The van der Waals surface area contributed by atoms with Gasteiger partial charge in [-0.1, -0.05) is 6.92 Å². The molecule has 0 radical (unpaired) electrons. The van der Waals surface area contributed by atoms with E-state index in [0.29, 0.717) is 24.3 Å². The van der Waals surface area contributed by atoms with Gasteiger partial charge in [0.15, 0.2) is 0 Å². The zero-order chi connectivity index (χ0) is 15.5. The van der Waals surface area contributed by atoms with Gasteiger partial charge in [-0.3, -0.25) is 9.69 Å². The molecule has 0 saturated carbocycles. The van der Waals surface area contributed by atoms with Crippen molar-refractivity contribution in [2.75, 3.05) is 46.5 Å². The quantitative estimate of drug-likeness (QED) is 0.829. The number of ether oxygens (including phenoxy) is 2. The second-order valence-corrected chi connectivity index (χ2v) is 6.91. The van der Waals surface area contributed by atoms with Gasteiger partial charge in [-0.05, 0) is 5.92 Å². The van der Waals surface area contributed by atoms with Crippen molar-refractivity contribution in [3.05, 3.63) is 16.1 Å². The average Bonchev–Trinajstić information content (AvgIpc) is 3.15. The Morgan fingerprint density at radius 3 is 2.95 bits per heavy atom. The van der Waals surface area contributed by atoms with Crippen LogP contribution in [0.25, 0.3) is 0 Å². The molecule has 0 aliphatic carbocycles. The molecular formula is C15H23N3O3S. The third-order valence-electron chi connectivity index (χ3n) is 4.41. The van der Waals surface area contributed by atoms with Crippen LogP contribution in [0.15, 0.2) is 5.38 Å². The minimum absolute atomic E-state index is 0.0428. The first-order valence-corrected chi connectivity index (χ1v) is 8.61. The van der Waals surface area contributed by atoms with E-state index < -0.39 is 0 Å². The first-order chi connectivity index (χ1) is 10.7. The van der Waals surface area contributed by atoms with Crippen LogP contribution in [0.5, 0.6) is 0 Å². The van der Waals surface area contributed by atoms with Gasteiger partial charge in [0.25, 0.3) is 5.91 Å². The number of carbonyl (C=O) groups is 1. The van der Waals surface area contributed by atoms with Crippen LogP contribution in [0.2, 0.25) is 0 Å². The highest BCUT2D eigenvalue weighted by Crippen LogP contribution is 2.24. The highest BCUT2D eigenvalue weighted by molar-refractivity contribution is 7.09. The molecule has 0 unspecified atom stereocenters. The lowest BCUT2D eigenvalue weighted by Gasteiger charge is -2.33. The van der Waals surface area contributed by atoms with Crippen LogP contribution in [0.3, 0.4) is 0 Å². The summed E-state index contributed by atoms with van der Waals surface area (Å²) in [6.45, 7) is 7.80. The SMILES string of the molecule is COCc1nc(C(=O)N2C[C@@H](C)[C@@H](N3CCOCC3)C2)cs1. The molecule has 1 aromatic rings. The largest absolute Gasteiger partial charge is 0.379 e. The molecule has 122 valence electrons. The number of thiazole rings is 1. The Morgan fingerprint density at radius 1 is 1.45 bits per heavy atom. The fraction of sp³-hybridized carbons (Fsp3) is 0.733. The summed E-state index contributed by atoms with van der Waals surface area (Å²) in [6, 6.07) is 0.435. The van der Waals surface area contributed by atoms with Crippen molar-refractivity contribution < 1.29 is 14.3 Å². The Balaban J connectivity index is 1.63. The lowest BCUT2D eigenvalue weighted by molar-refractivity contribution is 0.0119. The Kier molecular flexibility index (Phi) is 5.07. The number of aromatic nitrogens is 1. The number of morpholine rings is 1. The van der Waals surface area contributed by atoms with Crippen molar-refractivity contribution in [2.24, 2.45) is 5.92 Å². The molecule has 0 aromatic carbocycles. The van der Waals surface area contributed by atoms with Gasteiger partial charge in [0.05, 0.1) is 19.8 Å². The third-order valence-corrected chi connectivity index (χ3v) is 5.24. The van der Waals surface area contributed by atoms with Crippen LogP contribution < -0.4 is 0 Å². The van der Waals surface area contributed by atoms with Gasteiger partial charge < -0.3 is 14.4 Å². The normalized spacial score (nSPS) is 26.5. The van der Waals surface area contributed by atoms with E-state index in [9.17, 15) is 4.79 Å². The second kappa shape index (κ2) is 7.04. The number of hydrogen-bond donors (Lipinski definition) is 0. The lowest BCUT2D eigenvalue weighted by Crippen LogP contribution is -2.47.